The SMILES string of the molecule is Cc1sc(/N=C/c2cc(Br)cc(Br)c2O)c(C#N)c1C. The van der Waals surface area contributed by atoms with Crippen molar-refractivity contribution in [2.24, 2.45) is 4.99 Å². The normalized spacial score (nSPS) is 10.9. The molecule has 0 aliphatic carbocycles. The number of rotatable bonds is 2. The van der Waals surface area contributed by atoms with E-state index in [1.165, 1.54) is 11.3 Å². The first kappa shape index (κ1) is 15.2. The Morgan fingerprint density at radius 2 is 2.05 bits per heavy atom. The highest BCUT2D eigenvalue weighted by Gasteiger charge is 2.11. The van der Waals surface area contributed by atoms with Crippen LogP contribution in [0.5, 0.6) is 5.75 Å². The highest BCUT2D eigenvalue weighted by atomic mass is 79.9. The van der Waals surface area contributed by atoms with Crippen molar-refractivity contribution < 1.29 is 5.11 Å². The number of halogens is 2. The van der Waals surface area contributed by atoms with Crippen LogP contribution in [0, 0.1) is 25.2 Å². The molecule has 0 radical (unpaired) electrons. The molecule has 2 rings (SSSR count). The van der Waals surface area contributed by atoms with Gasteiger partial charge in [-0.15, -0.1) is 11.3 Å². The quantitative estimate of drug-likeness (QED) is 0.686. The van der Waals surface area contributed by atoms with Crippen molar-refractivity contribution in [1.29, 1.82) is 5.26 Å². The molecule has 0 spiro atoms. The molecule has 0 unspecified atom stereocenters. The number of hydrogen-bond donors (Lipinski definition) is 1. The molecule has 1 N–H and O–H groups in total. The summed E-state index contributed by atoms with van der Waals surface area (Å²) in [7, 11) is 0. The molecule has 0 aliphatic heterocycles. The summed E-state index contributed by atoms with van der Waals surface area (Å²) in [6.45, 7) is 3.88. The first-order valence-corrected chi connectivity index (χ1v) is 8.06. The van der Waals surface area contributed by atoms with E-state index in [1.54, 1.807) is 18.3 Å². The Balaban J connectivity index is 2.45. The molecule has 0 amide bonds. The number of aliphatic imine (C=N–C) groups is 1. The molecule has 102 valence electrons. The maximum atomic E-state index is 9.97. The molecule has 1 aromatic carbocycles. The Morgan fingerprint density at radius 1 is 1.35 bits per heavy atom. The minimum atomic E-state index is 0.125. The molecule has 2 aromatic rings. The van der Waals surface area contributed by atoms with E-state index < -0.39 is 0 Å². The minimum Gasteiger partial charge on any atom is -0.506 e. The zero-order valence-corrected chi connectivity index (χ0v) is 14.7. The van der Waals surface area contributed by atoms with Crippen LogP contribution < -0.4 is 0 Å². The summed E-state index contributed by atoms with van der Waals surface area (Å²) in [4.78, 5) is 5.42. The predicted molar refractivity (Wildman–Crippen MR) is 89.3 cm³/mol. The fourth-order valence-electron chi connectivity index (χ4n) is 1.64. The lowest BCUT2D eigenvalue weighted by Gasteiger charge is -2.02. The van der Waals surface area contributed by atoms with E-state index >= 15 is 0 Å². The molecule has 20 heavy (non-hydrogen) atoms. The number of aromatic hydroxyl groups is 1. The molecular weight excluding hydrogens is 404 g/mol. The third-order valence-electron chi connectivity index (χ3n) is 2.86. The van der Waals surface area contributed by atoms with Gasteiger partial charge in [-0.25, -0.2) is 4.99 Å². The van der Waals surface area contributed by atoms with E-state index in [0.717, 1.165) is 14.9 Å². The molecule has 0 saturated heterocycles. The van der Waals surface area contributed by atoms with Gasteiger partial charge in [-0.05, 0) is 47.5 Å². The zero-order chi connectivity index (χ0) is 14.9. The lowest BCUT2D eigenvalue weighted by Crippen LogP contribution is -1.84. The number of hydrogen-bond acceptors (Lipinski definition) is 4. The Kier molecular flexibility index (Phi) is 4.63. The lowest BCUT2D eigenvalue weighted by atomic mass is 10.2. The van der Waals surface area contributed by atoms with E-state index in [4.69, 9.17) is 0 Å². The van der Waals surface area contributed by atoms with Gasteiger partial charge in [0.1, 0.15) is 16.8 Å². The van der Waals surface area contributed by atoms with Crippen LogP contribution in [-0.4, -0.2) is 11.3 Å². The smallest absolute Gasteiger partial charge is 0.138 e. The molecule has 6 heteroatoms. The Bertz CT molecular complexity index is 741. The summed E-state index contributed by atoms with van der Waals surface area (Å²) in [5.41, 5.74) is 2.14. The standard InChI is InChI=1S/C14H10Br2N2OS/c1-7-8(2)20-14(11(7)5-17)18-6-9-3-10(15)4-12(16)13(9)19/h3-4,6,19H,1-2H3/b18-6+. The Labute approximate surface area is 137 Å². The van der Waals surface area contributed by atoms with E-state index in [2.05, 4.69) is 42.9 Å². The monoisotopic (exact) mass is 412 g/mol. The number of nitrogens with zero attached hydrogens (tertiary/aromatic N) is 2. The fourth-order valence-corrected chi connectivity index (χ4v) is 3.85. The van der Waals surface area contributed by atoms with Gasteiger partial charge in [0.2, 0.25) is 0 Å². The summed E-state index contributed by atoms with van der Waals surface area (Å²) < 4.78 is 1.43. The summed E-state index contributed by atoms with van der Waals surface area (Å²) in [6.07, 6.45) is 1.57. The predicted octanol–water partition coefficient (Wildman–Crippen LogP) is 5.22. The summed E-state index contributed by atoms with van der Waals surface area (Å²) in [6, 6.07) is 5.70. The molecule has 0 fully saturated rings. The molecule has 1 aromatic heterocycles. The maximum Gasteiger partial charge on any atom is 0.138 e. The first-order valence-electron chi connectivity index (χ1n) is 5.66. The zero-order valence-electron chi connectivity index (χ0n) is 10.7. The molecule has 0 bridgehead atoms. The van der Waals surface area contributed by atoms with Gasteiger partial charge in [-0.2, -0.15) is 5.26 Å². The van der Waals surface area contributed by atoms with Gasteiger partial charge in [-0.1, -0.05) is 15.9 Å². The fraction of sp³-hybridized carbons (Fsp3) is 0.143. The lowest BCUT2D eigenvalue weighted by molar-refractivity contribution is 0.471. The number of nitriles is 1. The maximum absolute atomic E-state index is 9.97. The molecule has 0 aliphatic rings. The van der Waals surface area contributed by atoms with Crippen molar-refractivity contribution in [2.45, 2.75) is 13.8 Å². The second-order valence-corrected chi connectivity index (χ2v) is 7.13. The van der Waals surface area contributed by atoms with E-state index in [1.807, 2.05) is 13.8 Å². The average Bonchev–Trinajstić information content (AvgIpc) is 2.67. The van der Waals surface area contributed by atoms with Crippen molar-refractivity contribution in [3.05, 3.63) is 42.6 Å². The largest absolute Gasteiger partial charge is 0.506 e. The van der Waals surface area contributed by atoms with E-state index in [0.29, 0.717) is 20.6 Å². The number of aryl methyl sites for hydroxylation is 1. The topological polar surface area (TPSA) is 56.4 Å². The number of phenols is 1. The van der Waals surface area contributed by atoms with Crippen LogP contribution in [-0.2, 0) is 0 Å². The summed E-state index contributed by atoms with van der Waals surface area (Å²) in [5.74, 6) is 0.125. The van der Waals surface area contributed by atoms with Gasteiger partial charge in [0, 0.05) is 21.1 Å². The second kappa shape index (κ2) is 6.08. The van der Waals surface area contributed by atoms with E-state index in [9.17, 15) is 10.4 Å². The number of thiophene rings is 1. The van der Waals surface area contributed by atoms with Gasteiger partial charge < -0.3 is 5.11 Å². The Hall–Kier alpha value is -1.16. The summed E-state index contributed by atoms with van der Waals surface area (Å²) >= 11 is 8.11. The van der Waals surface area contributed by atoms with Gasteiger partial charge in [0.05, 0.1) is 10.0 Å². The van der Waals surface area contributed by atoms with Crippen LogP contribution in [0.3, 0.4) is 0 Å². The first-order chi connectivity index (χ1) is 9.43. The van der Waals surface area contributed by atoms with Crippen LogP contribution in [0.25, 0.3) is 0 Å². The average molecular weight is 414 g/mol. The highest BCUT2D eigenvalue weighted by Crippen LogP contribution is 2.35. The van der Waals surface area contributed by atoms with Crippen LogP contribution >= 0.6 is 43.2 Å². The van der Waals surface area contributed by atoms with Crippen molar-refractivity contribution >= 4 is 54.4 Å². The molecule has 1 heterocycles. The van der Waals surface area contributed by atoms with Crippen LogP contribution in [0.4, 0.5) is 5.00 Å². The van der Waals surface area contributed by atoms with Crippen molar-refractivity contribution in [3.63, 3.8) is 0 Å². The molecular formula is C14H10Br2N2OS. The number of benzene rings is 1. The van der Waals surface area contributed by atoms with Crippen LogP contribution in [0.1, 0.15) is 21.6 Å². The molecule has 0 saturated carbocycles. The van der Waals surface area contributed by atoms with Gasteiger partial charge in [-0.3, -0.25) is 0 Å². The van der Waals surface area contributed by atoms with Crippen LogP contribution in [0.2, 0.25) is 0 Å². The molecule has 3 nitrogen and oxygen atoms in total. The molecule has 0 atom stereocenters. The van der Waals surface area contributed by atoms with Crippen LogP contribution in [0.15, 0.2) is 26.1 Å². The highest BCUT2D eigenvalue weighted by molar-refractivity contribution is 9.11. The third-order valence-corrected chi connectivity index (χ3v) is 5.03. The van der Waals surface area contributed by atoms with Gasteiger partial charge >= 0.3 is 0 Å². The van der Waals surface area contributed by atoms with Gasteiger partial charge in [0.25, 0.3) is 0 Å². The summed E-state index contributed by atoms with van der Waals surface area (Å²) in [5, 5.41) is 19.8. The van der Waals surface area contributed by atoms with Crippen molar-refractivity contribution in [3.8, 4) is 11.8 Å². The van der Waals surface area contributed by atoms with Gasteiger partial charge in [0.15, 0.2) is 0 Å². The van der Waals surface area contributed by atoms with E-state index in [-0.39, 0.29) is 5.75 Å². The third kappa shape index (κ3) is 2.95. The second-order valence-electron chi connectivity index (χ2n) is 4.16. The van der Waals surface area contributed by atoms with Crippen molar-refractivity contribution in [1.82, 2.24) is 0 Å². The minimum absolute atomic E-state index is 0.125. The Morgan fingerprint density at radius 3 is 2.70 bits per heavy atom. The number of phenolic OH excluding ortho intramolecular Hbond substituents is 1. The van der Waals surface area contributed by atoms with Crippen molar-refractivity contribution in [2.75, 3.05) is 0 Å².